The molecule has 1 aromatic heterocycles. The predicted octanol–water partition coefficient (Wildman–Crippen LogP) is 6.79. The molecule has 5 aromatic rings. The van der Waals surface area contributed by atoms with Crippen molar-refractivity contribution in [2.24, 2.45) is 0 Å². The first kappa shape index (κ1) is 25.4. The molecule has 1 atom stereocenters. The van der Waals surface area contributed by atoms with Gasteiger partial charge in [-0.15, -0.1) is 0 Å². The molecule has 0 radical (unpaired) electrons. The fourth-order valence-corrected chi connectivity index (χ4v) is 4.76. The van der Waals surface area contributed by atoms with Crippen LogP contribution >= 0.6 is 11.6 Å². The minimum atomic E-state index is -0.500. The first-order valence-electron chi connectivity index (χ1n) is 12.6. The molecule has 6 heteroatoms. The summed E-state index contributed by atoms with van der Waals surface area (Å²) < 4.78 is 1.64. The normalized spacial score (nSPS) is 11.9. The number of benzene rings is 4. The highest BCUT2D eigenvalue weighted by Crippen LogP contribution is 2.25. The molecule has 1 heterocycles. The maximum atomic E-state index is 13.9. The number of carbonyl (C=O) groups is 1. The minimum Gasteiger partial charge on any atom is -0.328 e. The van der Waals surface area contributed by atoms with Crippen LogP contribution in [0.15, 0.2) is 108 Å². The maximum Gasteiger partial charge on any atom is 0.266 e. The van der Waals surface area contributed by atoms with Gasteiger partial charge in [-0.1, -0.05) is 71.8 Å². The third kappa shape index (κ3) is 5.24. The number of rotatable bonds is 7. The molecule has 0 bridgehead atoms. The van der Waals surface area contributed by atoms with Crippen molar-refractivity contribution in [3.63, 3.8) is 0 Å². The van der Waals surface area contributed by atoms with E-state index < -0.39 is 6.04 Å². The summed E-state index contributed by atoms with van der Waals surface area (Å²) in [7, 11) is 0. The summed E-state index contributed by atoms with van der Waals surface area (Å²) in [5.74, 6) is 0.357. The monoisotopic (exact) mass is 521 g/mol. The van der Waals surface area contributed by atoms with Gasteiger partial charge in [0.05, 0.1) is 22.6 Å². The summed E-state index contributed by atoms with van der Waals surface area (Å²) in [5.41, 5.74) is 3.89. The first-order valence-corrected chi connectivity index (χ1v) is 13.0. The number of fused-ring (bicyclic) bond motifs is 1. The standard InChI is InChI=1S/C32H28ClN3O2/c1-22-12-18-27(19-13-22)36-30(34-29-11-7-6-10-28(29)32(36)38)23(2)35(21-20-24-8-4-3-5-9-24)31(37)25-14-16-26(33)17-15-25/h3-19,23H,20-21H2,1-2H3. The van der Waals surface area contributed by atoms with Crippen molar-refractivity contribution in [3.05, 3.63) is 141 Å². The Balaban J connectivity index is 1.64. The highest BCUT2D eigenvalue weighted by Gasteiger charge is 2.27. The molecule has 38 heavy (non-hydrogen) atoms. The molecule has 4 aromatic carbocycles. The Morgan fingerprint density at radius 2 is 1.55 bits per heavy atom. The van der Waals surface area contributed by atoms with Crippen LogP contribution in [-0.4, -0.2) is 26.9 Å². The van der Waals surface area contributed by atoms with E-state index in [0.717, 1.165) is 11.1 Å². The zero-order valence-corrected chi connectivity index (χ0v) is 22.1. The Morgan fingerprint density at radius 1 is 0.895 bits per heavy atom. The van der Waals surface area contributed by atoms with E-state index in [1.807, 2.05) is 86.6 Å². The largest absolute Gasteiger partial charge is 0.328 e. The van der Waals surface area contributed by atoms with Crippen LogP contribution < -0.4 is 5.56 Å². The van der Waals surface area contributed by atoms with Crippen molar-refractivity contribution < 1.29 is 4.79 Å². The van der Waals surface area contributed by atoms with Gasteiger partial charge in [0, 0.05) is 17.1 Å². The van der Waals surface area contributed by atoms with Gasteiger partial charge in [-0.3, -0.25) is 14.2 Å². The van der Waals surface area contributed by atoms with E-state index in [1.54, 1.807) is 39.8 Å². The number of halogens is 1. The average Bonchev–Trinajstić information content (AvgIpc) is 2.94. The predicted molar refractivity (Wildman–Crippen MR) is 153 cm³/mol. The molecule has 0 N–H and O–H groups in total. The van der Waals surface area contributed by atoms with Crippen LogP contribution in [0.3, 0.4) is 0 Å². The highest BCUT2D eigenvalue weighted by atomic mass is 35.5. The Kier molecular flexibility index (Phi) is 7.38. The Bertz CT molecular complexity index is 1630. The molecule has 0 saturated carbocycles. The van der Waals surface area contributed by atoms with Crippen LogP contribution in [0.25, 0.3) is 16.6 Å². The zero-order valence-electron chi connectivity index (χ0n) is 21.3. The average molecular weight is 522 g/mol. The van der Waals surface area contributed by atoms with E-state index in [-0.39, 0.29) is 11.5 Å². The molecule has 5 rings (SSSR count). The summed E-state index contributed by atoms with van der Waals surface area (Å²) in [4.78, 5) is 34.5. The Morgan fingerprint density at radius 3 is 2.26 bits per heavy atom. The van der Waals surface area contributed by atoms with Gasteiger partial charge in [-0.2, -0.15) is 0 Å². The van der Waals surface area contributed by atoms with Gasteiger partial charge < -0.3 is 4.90 Å². The highest BCUT2D eigenvalue weighted by molar-refractivity contribution is 6.30. The van der Waals surface area contributed by atoms with Crippen molar-refractivity contribution in [1.29, 1.82) is 0 Å². The summed E-state index contributed by atoms with van der Waals surface area (Å²) in [5, 5.41) is 1.10. The lowest BCUT2D eigenvalue weighted by molar-refractivity contribution is 0.0683. The second kappa shape index (κ2) is 11.0. The van der Waals surface area contributed by atoms with Gasteiger partial charge in [-0.05, 0) is 74.4 Å². The molecule has 0 saturated heterocycles. The zero-order chi connectivity index (χ0) is 26.6. The van der Waals surface area contributed by atoms with Crippen molar-refractivity contribution in [2.75, 3.05) is 6.54 Å². The van der Waals surface area contributed by atoms with E-state index in [2.05, 4.69) is 0 Å². The van der Waals surface area contributed by atoms with E-state index in [4.69, 9.17) is 16.6 Å². The Hall–Kier alpha value is -4.22. The lowest BCUT2D eigenvalue weighted by Gasteiger charge is -2.31. The van der Waals surface area contributed by atoms with Gasteiger partial charge in [0.2, 0.25) is 0 Å². The van der Waals surface area contributed by atoms with Crippen LogP contribution in [0.4, 0.5) is 0 Å². The molecule has 5 nitrogen and oxygen atoms in total. The van der Waals surface area contributed by atoms with Crippen LogP contribution in [0.5, 0.6) is 0 Å². The second-order valence-electron chi connectivity index (χ2n) is 9.38. The van der Waals surface area contributed by atoms with Crippen molar-refractivity contribution in [3.8, 4) is 5.69 Å². The van der Waals surface area contributed by atoms with Gasteiger partial charge in [0.25, 0.3) is 11.5 Å². The minimum absolute atomic E-state index is 0.150. The number of para-hydroxylation sites is 1. The molecule has 0 spiro atoms. The number of carbonyl (C=O) groups excluding carboxylic acids is 1. The number of amides is 1. The molecule has 0 fully saturated rings. The molecule has 1 amide bonds. The van der Waals surface area contributed by atoms with Gasteiger partial charge in [0.15, 0.2) is 0 Å². The lowest BCUT2D eigenvalue weighted by Crippen LogP contribution is -2.38. The number of aryl methyl sites for hydroxylation is 1. The van der Waals surface area contributed by atoms with Crippen LogP contribution in [0.1, 0.15) is 40.3 Å². The van der Waals surface area contributed by atoms with Gasteiger partial charge in [-0.25, -0.2) is 4.98 Å². The number of aromatic nitrogens is 2. The SMILES string of the molecule is Cc1ccc(-n2c(C(C)N(CCc3ccccc3)C(=O)c3ccc(Cl)cc3)nc3ccccc3c2=O)cc1. The number of hydrogen-bond acceptors (Lipinski definition) is 3. The number of hydrogen-bond donors (Lipinski definition) is 0. The first-order chi connectivity index (χ1) is 18.4. The van der Waals surface area contributed by atoms with Crippen molar-refractivity contribution in [1.82, 2.24) is 14.5 Å². The van der Waals surface area contributed by atoms with Gasteiger partial charge >= 0.3 is 0 Å². The molecule has 0 aliphatic rings. The smallest absolute Gasteiger partial charge is 0.266 e. The van der Waals surface area contributed by atoms with E-state index >= 15 is 0 Å². The van der Waals surface area contributed by atoms with Crippen molar-refractivity contribution >= 4 is 28.4 Å². The van der Waals surface area contributed by atoms with E-state index in [0.29, 0.717) is 46.0 Å². The van der Waals surface area contributed by atoms with E-state index in [9.17, 15) is 9.59 Å². The van der Waals surface area contributed by atoms with Gasteiger partial charge in [0.1, 0.15) is 5.82 Å². The second-order valence-corrected chi connectivity index (χ2v) is 9.82. The molecule has 190 valence electrons. The quantitative estimate of drug-likeness (QED) is 0.237. The molecular formula is C32H28ClN3O2. The summed E-state index contributed by atoms with van der Waals surface area (Å²) in [6, 6.07) is 31.5. The molecule has 0 aliphatic carbocycles. The van der Waals surface area contributed by atoms with E-state index in [1.165, 1.54) is 0 Å². The third-order valence-corrected chi connectivity index (χ3v) is 7.02. The van der Waals surface area contributed by atoms with Crippen LogP contribution in [0.2, 0.25) is 5.02 Å². The van der Waals surface area contributed by atoms with Crippen LogP contribution in [-0.2, 0) is 6.42 Å². The lowest BCUT2D eigenvalue weighted by atomic mass is 10.1. The van der Waals surface area contributed by atoms with Crippen LogP contribution in [0, 0.1) is 6.92 Å². The maximum absolute atomic E-state index is 13.9. The summed E-state index contributed by atoms with van der Waals surface area (Å²) in [6.45, 7) is 4.38. The fourth-order valence-electron chi connectivity index (χ4n) is 4.64. The Labute approximate surface area is 227 Å². The topological polar surface area (TPSA) is 55.2 Å². The molecular weight excluding hydrogens is 494 g/mol. The summed E-state index contributed by atoms with van der Waals surface area (Å²) in [6.07, 6.45) is 0.660. The molecule has 1 unspecified atom stereocenters. The fraction of sp³-hybridized carbons (Fsp3) is 0.156. The third-order valence-electron chi connectivity index (χ3n) is 6.77. The number of nitrogens with zero attached hydrogens (tertiary/aromatic N) is 3. The van der Waals surface area contributed by atoms with Crippen molar-refractivity contribution in [2.45, 2.75) is 26.3 Å². The molecule has 0 aliphatic heterocycles. The summed E-state index contributed by atoms with van der Waals surface area (Å²) >= 11 is 6.10.